The summed E-state index contributed by atoms with van der Waals surface area (Å²) in [7, 11) is 0. The predicted molar refractivity (Wildman–Crippen MR) is 76.5 cm³/mol. The summed E-state index contributed by atoms with van der Waals surface area (Å²) in [6.07, 6.45) is 0.212. The SMILES string of the molecule is Cc1onc2c(=O)n(CCC#N)nc(-c3ccccc3)c12. The maximum absolute atomic E-state index is 12.3. The molecule has 3 aromatic rings. The van der Waals surface area contributed by atoms with E-state index in [4.69, 9.17) is 9.78 Å². The van der Waals surface area contributed by atoms with Crippen LogP contribution >= 0.6 is 0 Å². The average Bonchev–Trinajstić information content (AvgIpc) is 2.90. The number of hydrogen-bond donors (Lipinski definition) is 0. The summed E-state index contributed by atoms with van der Waals surface area (Å²) in [5.74, 6) is 0.556. The molecule has 2 aromatic heterocycles. The van der Waals surface area contributed by atoms with Crippen LogP contribution < -0.4 is 5.56 Å². The van der Waals surface area contributed by atoms with Gasteiger partial charge in [0, 0.05) is 5.56 Å². The molecule has 21 heavy (non-hydrogen) atoms. The topological polar surface area (TPSA) is 84.7 Å². The van der Waals surface area contributed by atoms with Crippen LogP contribution in [0.1, 0.15) is 12.2 Å². The minimum atomic E-state index is -0.336. The van der Waals surface area contributed by atoms with Gasteiger partial charge < -0.3 is 4.52 Å². The van der Waals surface area contributed by atoms with E-state index in [1.54, 1.807) is 6.92 Å². The molecule has 0 aliphatic heterocycles. The van der Waals surface area contributed by atoms with Crippen molar-refractivity contribution in [1.82, 2.24) is 14.9 Å². The Morgan fingerprint density at radius 1 is 1.33 bits per heavy atom. The van der Waals surface area contributed by atoms with Crippen LogP contribution in [0.2, 0.25) is 0 Å². The van der Waals surface area contributed by atoms with E-state index in [1.165, 1.54) is 4.68 Å². The van der Waals surface area contributed by atoms with Gasteiger partial charge >= 0.3 is 0 Å². The highest BCUT2D eigenvalue weighted by molar-refractivity contribution is 5.92. The van der Waals surface area contributed by atoms with Crippen molar-refractivity contribution < 1.29 is 4.52 Å². The molecule has 6 nitrogen and oxygen atoms in total. The Morgan fingerprint density at radius 2 is 2.10 bits per heavy atom. The molecule has 104 valence electrons. The van der Waals surface area contributed by atoms with Crippen molar-refractivity contribution >= 4 is 10.9 Å². The Kier molecular flexibility index (Phi) is 3.24. The molecule has 6 heteroatoms. The first-order valence-electron chi connectivity index (χ1n) is 6.52. The third-order valence-electron chi connectivity index (χ3n) is 3.24. The molecule has 1 aromatic carbocycles. The van der Waals surface area contributed by atoms with Crippen molar-refractivity contribution in [3.05, 3.63) is 46.4 Å². The number of benzene rings is 1. The van der Waals surface area contributed by atoms with Gasteiger partial charge in [0.05, 0.1) is 24.4 Å². The first-order chi connectivity index (χ1) is 10.2. The fourth-order valence-corrected chi connectivity index (χ4v) is 2.24. The lowest BCUT2D eigenvalue weighted by Gasteiger charge is -2.07. The van der Waals surface area contributed by atoms with Crippen molar-refractivity contribution in [2.24, 2.45) is 0 Å². The van der Waals surface area contributed by atoms with Gasteiger partial charge in [-0.1, -0.05) is 35.5 Å². The van der Waals surface area contributed by atoms with Crippen molar-refractivity contribution in [1.29, 1.82) is 5.26 Å². The van der Waals surface area contributed by atoms with Gasteiger partial charge in [-0.2, -0.15) is 10.4 Å². The fourth-order valence-electron chi connectivity index (χ4n) is 2.24. The first-order valence-corrected chi connectivity index (χ1v) is 6.52. The smallest absolute Gasteiger partial charge is 0.296 e. The summed E-state index contributed by atoms with van der Waals surface area (Å²) in [6.45, 7) is 1.99. The van der Waals surface area contributed by atoms with Crippen LogP contribution in [-0.4, -0.2) is 14.9 Å². The first kappa shape index (κ1) is 13.1. The summed E-state index contributed by atoms with van der Waals surface area (Å²) < 4.78 is 6.42. The Labute approximate surface area is 120 Å². The quantitative estimate of drug-likeness (QED) is 0.734. The van der Waals surface area contributed by atoms with Crippen molar-refractivity contribution in [2.45, 2.75) is 19.9 Å². The third-order valence-corrected chi connectivity index (χ3v) is 3.24. The lowest BCUT2D eigenvalue weighted by molar-refractivity contribution is 0.405. The second-order valence-electron chi connectivity index (χ2n) is 4.61. The van der Waals surface area contributed by atoms with E-state index >= 15 is 0 Å². The molecular weight excluding hydrogens is 268 g/mol. The Morgan fingerprint density at radius 3 is 2.81 bits per heavy atom. The highest BCUT2D eigenvalue weighted by atomic mass is 16.5. The molecule has 0 bridgehead atoms. The van der Waals surface area contributed by atoms with Crippen molar-refractivity contribution in [3.63, 3.8) is 0 Å². The van der Waals surface area contributed by atoms with Gasteiger partial charge in [-0.3, -0.25) is 4.79 Å². The minimum absolute atomic E-state index is 0.212. The van der Waals surface area contributed by atoms with Gasteiger partial charge in [-0.15, -0.1) is 0 Å². The fraction of sp³-hybridized carbons (Fsp3) is 0.200. The molecule has 0 saturated carbocycles. The van der Waals surface area contributed by atoms with Gasteiger partial charge in [0.25, 0.3) is 5.56 Å². The molecule has 3 rings (SSSR count). The molecule has 0 fully saturated rings. The van der Waals surface area contributed by atoms with Crippen LogP contribution in [0.5, 0.6) is 0 Å². The van der Waals surface area contributed by atoms with Gasteiger partial charge in [-0.05, 0) is 6.92 Å². The molecule has 0 unspecified atom stereocenters. The van der Waals surface area contributed by atoms with Gasteiger partial charge in [0.15, 0.2) is 5.52 Å². The van der Waals surface area contributed by atoms with E-state index in [0.717, 1.165) is 5.56 Å². The molecule has 0 saturated heterocycles. The van der Waals surface area contributed by atoms with Crippen molar-refractivity contribution in [2.75, 3.05) is 0 Å². The van der Waals surface area contributed by atoms with Gasteiger partial charge in [-0.25, -0.2) is 4.68 Å². The second kappa shape index (κ2) is 5.21. The van der Waals surface area contributed by atoms with Gasteiger partial charge in [0.1, 0.15) is 11.5 Å². The Balaban J connectivity index is 2.32. The minimum Gasteiger partial charge on any atom is -0.360 e. The molecule has 0 aliphatic carbocycles. The summed E-state index contributed by atoms with van der Waals surface area (Å²) in [5.41, 5.74) is 1.43. The lowest BCUT2D eigenvalue weighted by Crippen LogP contribution is -2.24. The molecular formula is C15H12N4O2. The van der Waals surface area contributed by atoms with Gasteiger partial charge in [0.2, 0.25) is 0 Å². The zero-order valence-corrected chi connectivity index (χ0v) is 11.4. The molecule has 2 heterocycles. The van der Waals surface area contributed by atoms with E-state index in [1.807, 2.05) is 36.4 Å². The second-order valence-corrected chi connectivity index (χ2v) is 4.61. The number of aromatic nitrogens is 3. The van der Waals surface area contributed by atoms with Crippen LogP contribution in [-0.2, 0) is 6.54 Å². The molecule has 0 aliphatic rings. The highest BCUT2D eigenvalue weighted by Crippen LogP contribution is 2.26. The van der Waals surface area contributed by atoms with Crippen LogP contribution in [0.15, 0.2) is 39.6 Å². The largest absolute Gasteiger partial charge is 0.360 e. The van der Waals surface area contributed by atoms with Crippen LogP contribution in [0.25, 0.3) is 22.2 Å². The van der Waals surface area contributed by atoms with E-state index in [0.29, 0.717) is 16.8 Å². The van der Waals surface area contributed by atoms with E-state index < -0.39 is 0 Å². The predicted octanol–water partition coefficient (Wildman–Crippen LogP) is 2.27. The zero-order chi connectivity index (χ0) is 14.8. The zero-order valence-electron chi connectivity index (χ0n) is 11.4. The third kappa shape index (κ3) is 2.19. The summed E-state index contributed by atoms with van der Waals surface area (Å²) in [4.78, 5) is 12.3. The number of rotatable bonds is 3. The summed E-state index contributed by atoms with van der Waals surface area (Å²) in [5, 5.41) is 17.6. The van der Waals surface area contributed by atoms with Crippen LogP contribution in [0, 0.1) is 18.3 Å². The maximum atomic E-state index is 12.3. The Hall–Kier alpha value is -2.94. The number of fused-ring (bicyclic) bond motifs is 1. The molecule has 0 radical (unpaired) electrons. The maximum Gasteiger partial charge on any atom is 0.296 e. The normalized spacial score (nSPS) is 10.7. The molecule has 0 spiro atoms. The van der Waals surface area contributed by atoms with Crippen LogP contribution in [0.4, 0.5) is 0 Å². The Bertz CT molecular complexity index is 888. The van der Waals surface area contributed by atoms with E-state index in [9.17, 15) is 4.79 Å². The van der Waals surface area contributed by atoms with Crippen LogP contribution in [0.3, 0.4) is 0 Å². The summed E-state index contributed by atoms with van der Waals surface area (Å²) in [6, 6.07) is 11.5. The lowest BCUT2D eigenvalue weighted by atomic mass is 10.1. The average molecular weight is 280 g/mol. The number of nitrogens with zero attached hydrogens (tertiary/aromatic N) is 4. The van der Waals surface area contributed by atoms with E-state index in [2.05, 4.69) is 10.3 Å². The number of nitriles is 1. The monoisotopic (exact) mass is 280 g/mol. The highest BCUT2D eigenvalue weighted by Gasteiger charge is 2.18. The molecule has 0 N–H and O–H groups in total. The van der Waals surface area contributed by atoms with E-state index in [-0.39, 0.29) is 24.0 Å². The summed E-state index contributed by atoms with van der Waals surface area (Å²) >= 11 is 0. The molecule has 0 atom stereocenters. The van der Waals surface area contributed by atoms with Crippen molar-refractivity contribution in [3.8, 4) is 17.3 Å². The number of aryl methyl sites for hydroxylation is 2. The standard InChI is InChI=1S/C15H12N4O2/c1-10-12-13(11-6-3-2-4-7-11)17-19(9-5-8-16)15(20)14(12)18-21-10/h2-4,6-7H,5,9H2,1H3. The number of hydrogen-bond acceptors (Lipinski definition) is 5. The molecule has 0 amide bonds.